The Bertz CT molecular complexity index is 2620. The average molecular weight is 1030 g/mol. The number of aromatic hydroxyl groups is 1. The van der Waals surface area contributed by atoms with Crippen molar-refractivity contribution in [1.82, 2.24) is 10.3 Å². The van der Waals surface area contributed by atoms with Gasteiger partial charge in [-0.2, -0.15) is 0 Å². The van der Waals surface area contributed by atoms with Crippen LogP contribution in [0.4, 0.5) is 0 Å². The summed E-state index contributed by atoms with van der Waals surface area (Å²) in [5.74, 6) is 7.08. The molecular formula is C60H75N3O8S2. The van der Waals surface area contributed by atoms with Crippen molar-refractivity contribution in [1.29, 1.82) is 0 Å². The van der Waals surface area contributed by atoms with Crippen molar-refractivity contribution < 1.29 is 40.5 Å². The molecule has 4 aromatic rings. The van der Waals surface area contributed by atoms with E-state index in [4.69, 9.17) is 10.5 Å². The van der Waals surface area contributed by atoms with Crippen molar-refractivity contribution in [3.05, 3.63) is 154 Å². The minimum atomic E-state index is -1.08. The van der Waals surface area contributed by atoms with Crippen LogP contribution in [0.15, 0.2) is 126 Å². The van der Waals surface area contributed by atoms with Crippen molar-refractivity contribution in [2.75, 3.05) is 31.3 Å². The molecule has 0 saturated carbocycles. The molecule has 390 valence electrons. The summed E-state index contributed by atoms with van der Waals surface area (Å²) in [6, 6.07) is 28.1. The summed E-state index contributed by atoms with van der Waals surface area (Å²) in [5, 5.41) is 86.1. The number of hydrogen-bond acceptors (Lipinski definition) is 12. The van der Waals surface area contributed by atoms with E-state index in [0.717, 1.165) is 51.1 Å². The van der Waals surface area contributed by atoms with Gasteiger partial charge in [0, 0.05) is 83.7 Å². The molecular weight excluding hydrogens is 955 g/mol. The van der Waals surface area contributed by atoms with Crippen LogP contribution in [0.5, 0.6) is 11.5 Å². The van der Waals surface area contributed by atoms with E-state index in [2.05, 4.69) is 71.5 Å². The van der Waals surface area contributed by atoms with E-state index in [1.54, 1.807) is 27.7 Å². The highest BCUT2D eigenvalue weighted by molar-refractivity contribution is 8.76. The first kappa shape index (κ1) is 53.2. The van der Waals surface area contributed by atoms with Gasteiger partial charge in [-0.25, -0.2) is 0 Å². The second-order valence-corrected chi connectivity index (χ2v) is 23.8. The van der Waals surface area contributed by atoms with Gasteiger partial charge in [-0.15, -0.1) is 0 Å². The molecule has 11 nitrogen and oxygen atoms in total. The molecule has 1 aromatic heterocycles. The lowest BCUT2D eigenvalue weighted by atomic mass is 9.65. The number of phenolic OH excluding ortho intramolecular Hbond substituents is 1. The van der Waals surface area contributed by atoms with Crippen LogP contribution < -0.4 is 15.8 Å². The summed E-state index contributed by atoms with van der Waals surface area (Å²) in [6.07, 6.45) is 7.28. The van der Waals surface area contributed by atoms with E-state index in [-0.39, 0.29) is 54.8 Å². The number of aliphatic hydroxyl groups excluding tert-OH is 6. The fourth-order valence-corrected chi connectivity index (χ4v) is 15.2. The van der Waals surface area contributed by atoms with Crippen LogP contribution in [-0.4, -0.2) is 103 Å². The summed E-state index contributed by atoms with van der Waals surface area (Å²) in [7, 11) is 3.24. The normalized spacial score (nSPS) is 31.2. The highest BCUT2D eigenvalue weighted by Gasteiger charge is 2.45. The van der Waals surface area contributed by atoms with Gasteiger partial charge in [-0.1, -0.05) is 119 Å². The molecule has 0 spiro atoms. The van der Waals surface area contributed by atoms with Gasteiger partial charge in [-0.05, 0) is 135 Å². The van der Waals surface area contributed by atoms with Gasteiger partial charge in [-0.3, -0.25) is 0 Å². The fourth-order valence-electron chi connectivity index (χ4n) is 12.7. The van der Waals surface area contributed by atoms with E-state index in [9.17, 15) is 35.7 Å². The number of allylic oxidation sites excluding steroid dienone is 3. The van der Waals surface area contributed by atoms with E-state index >= 15 is 0 Å². The number of aliphatic hydroxyl groups is 6. The number of nitrogens with two attached hydrogens (primary N) is 1. The molecule has 73 heavy (non-hydrogen) atoms. The first-order valence-corrected chi connectivity index (χ1v) is 29.0. The van der Waals surface area contributed by atoms with Crippen molar-refractivity contribution in [2.24, 2.45) is 46.7 Å². The highest BCUT2D eigenvalue weighted by Crippen LogP contribution is 2.51. The van der Waals surface area contributed by atoms with E-state index in [1.165, 1.54) is 0 Å². The summed E-state index contributed by atoms with van der Waals surface area (Å²) >= 11 is 0. The van der Waals surface area contributed by atoms with E-state index in [1.807, 2.05) is 54.7 Å². The molecule has 0 amide bonds. The van der Waals surface area contributed by atoms with Crippen LogP contribution >= 0.6 is 21.6 Å². The highest BCUT2D eigenvalue weighted by atomic mass is 33.1. The Hall–Kier alpha value is -4.62. The molecule has 2 aliphatic heterocycles. The zero-order valence-electron chi connectivity index (χ0n) is 42.0. The molecule has 3 heterocycles. The predicted octanol–water partition coefficient (Wildman–Crippen LogP) is 7.75. The molecule has 13 atom stereocenters. The lowest BCUT2D eigenvalue weighted by Crippen LogP contribution is -2.42. The third kappa shape index (κ3) is 12.2. The lowest BCUT2D eigenvalue weighted by Gasteiger charge is -2.39. The van der Waals surface area contributed by atoms with Crippen LogP contribution in [0.25, 0.3) is 0 Å². The standard InChI is InChI=1S/C60H75N3O8S2/c1-2-39-25-41-28-53(68)55(71-56-29-42(26-45-14-9-22-62-45)47-19-23-63-59(61)51(47)36-73-72-35-43(33-64)58(56)70)31-49(41)50-30-54(69)57-40(27-48(39)50)18-21-60(32-46(66)15-16-52(57)67,20-17-37-10-5-3-6-11-37)44(34-65)24-38-12-7-4-8-13-38/h3-14,19,22,27-28,31,39-40,42-44,46,50,52,54,56-58,62-70H,2,15-17,20,23-26,29-30,32-36,61H2,1H3/t39-,40-,42+,43-,44-,46-,50-,52-,54+,56-,57+,58-,60-/m0/s1. The molecule has 5 aliphatic rings. The van der Waals surface area contributed by atoms with Crippen molar-refractivity contribution in [3.63, 3.8) is 0 Å². The first-order chi connectivity index (χ1) is 35.5. The zero-order chi connectivity index (χ0) is 51.1. The Morgan fingerprint density at radius 3 is 2.41 bits per heavy atom. The molecule has 9 rings (SSSR count). The number of benzene rings is 3. The number of dihydropyridines is 1. The van der Waals surface area contributed by atoms with Crippen LogP contribution in [0, 0.1) is 52.8 Å². The maximum atomic E-state index is 12.6. The van der Waals surface area contributed by atoms with Gasteiger partial charge >= 0.3 is 0 Å². The third-order valence-corrected chi connectivity index (χ3v) is 19.2. The Morgan fingerprint density at radius 1 is 0.904 bits per heavy atom. The summed E-state index contributed by atoms with van der Waals surface area (Å²) in [6.45, 7) is 2.37. The van der Waals surface area contributed by atoms with E-state index in [0.29, 0.717) is 81.7 Å². The molecule has 0 bridgehead atoms. The van der Waals surface area contributed by atoms with Gasteiger partial charge in [0.15, 0.2) is 11.5 Å². The molecule has 3 aliphatic carbocycles. The number of aromatic nitrogens is 1. The molecule has 0 unspecified atom stereocenters. The number of H-pyrrole nitrogens is 1. The van der Waals surface area contributed by atoms with Crippen molar-refractivity contribution in [2.45, 2.75) is 114 Å². The van der Waals surface area contributed by atoms with Gasteiger partial charge < -0.3 is 56.5 Å². The Balaban J connectivity index is 1.10. The number of aromatic amines is 1. The number of ether oxygens (including phenoxy) is 1. The molecule has 11 N–H and O–H groups in total. The largest absolute Gasteiger partial charge is 0.504 e. The topological polar surface area (TPSA) is 205 Å². The fraction of sp³-hybridized carbons (Fsp3) is 0.500. The number of phenols is 1. The van der Waals surface area contributed by atoms with Crippen LogP contribution in [0.1, 0.15) is 85.7 Å². The van der Waals surface area contributed by atoms with Gasteiger partial charge in [0.25, 0.3) is 0 Å². The van der Waals surface area contributed by atoms with Crippen LogP contribution in [-0.2, 0) is 25.7 Å². The van der Waals surface area contributed by atoms with E-state index < -0.39 is 53.7 Å². The monoisotopic (exact) mass is 1030 g/mol. The third-order valence-electron chi connectivity index (χ3n) is 16.8. The summed E-state index contributed by atoms with van der Waals surface area (Å²) in [5.41, 5.74) is 14.2. The lowest BCUT2D eigenvalue weighted by molar-refractivity contribution is -0.0215. The predicted molar refractivity (Wildman–Crippen MR) is 291 cm³/mol. The number of nitrogens with one attached hydrogen (secondary N) is 2. The van der Waals surface area contributed by atoms with Gasteiger partial charge in [0.05, 0.1) is 24.4 Å². The van der Waals surface area contributed by atoms with Crippen LogP contribution in [0.2, 0.25) is 0 Å². The maximum absolute atomic E-state index is 12.6. The second kappa shape index (κ2) is 24.4. The molecule has 13 heteroatoms. The van der Waals surface area contributed by atoms with Gasteiger partial charge in [0.2, 0.25) is 0 Å². The second-order valence-electron chi connectivity index (χ2n) is 21.3. The van der Waals surface area contributed by atoms with Crippen molar-refractivity contribution in [3.8, 4) is 23.3 Å². The first-order valence-electron chi connectivity index (χ1n) is 26.6. The summed E-state index contributed by atoms with van der Waals surface area (Å²) < 4.78 is 6.94. The smallest absolute Gasteiger partial charge is 0.161 e. The number of hydrogen-bond donors (Lipinski definition) is 10. The number of fused-ring (bicyclic) bond motifs is 5. The number of rotatable bonds is 13. The minimum Gasteiger partial charge on any atom is -0.504 e. The molecule has 1 fully saturated rings. The molecule has 1 saturated heterocycles. The van der Waals surface area contributed by atoms with Crippen molar-refractivity contribution >= 4 is 21.6 Å². The Kier molecular flexibility index (Phi) is 17.8. The summed E-state index contributed by atoms with van der Waals surface area (Å²) in [4.78, 5) is 3.36. The zero-order valence-corrected chi connectivity index (χ0v) is 43.6. The average Bonchev–Trinajstić information content (AvgIpc) is 3.86. The minimum absolute atomic E-state index is 0.0381. The number of aryl methyl sites for hydroxylation is 1. The van der Waals surface area contributed by atoms with Crippen LogP contribution in [0.3, 0.4) is 0 Å². The molecule has 3 aromatic carbocycles. The van der Waals surface area contributed by atoms with Gasteiger partial charge in [0.1, 0.15) is 11.9 Å². The Morgan fingerprint density at radius 2 is 1.68 bits per heavy atom. The maximum Gasteiger partial charge on any atom is 0.161 e. The molecule has 0 radical (unpaired) electrons. The SMILES string of the molecule is CC[C@H]1Cc2cc(O)c(O[C@H]3C[C@@H](Cc4ccc[nH]4)C4=CCNC(N)=C4CSSC[C@H](CO)[C@@H]3O)cc2[C@H]2C[C@@H](O)[C@@H]3[C@@H](C#C[C@](CCc4ccccc4)([C@H](CO)Cc4ccccc4)C[C@@H](O)CC[C@@H]3O)C=C12. The quantitative estimate of drug-likeness (QED) is 0.0355. The Labute approximate surface area is 439 Å².